The number of anilines is 1. The number of halogens is 1. The molecular formula is C16H17FN6O. The third-order valence-corrected chi connectivity index (χ3v) is 4.53. The fraction of sp³-hybridized carbons (Fsp3) is 0.375. The number of nitrogens with zero attached hydrogens (tertiary/aromatic N) is 5. The van der Waals surface area contributed by atoms with E-state index in [9.17, 15) is 9.18 Å². The Labute approximate surface area is 137 Å². The Morgan fingerprint density at radius 3 is 2.92 bits per heavy atom. The van der Waals surface area contributed by atoms with Gasteiger partial charge < -0.3 is 9.88 Å². The number of imidazole rings is 1. The van der Waals surface area contributed by atoms with E-state index in [4.69, 9.17) is 0 Å². The average Bonchev–Trinajstić information content (AvgIpc) is 2.92. The number of piperidine rings is 1. The Bertz CT molecular complexity index is 912. The summed E-state index contributed by atoms with van der Waals surface area (Å²) in [7, 11) is 0. The predicted molar refractivity (Wildman–Crippen MR) is 87.3 cm³/mol. The molecule has 1 N–H and O–H groups in total. The Morgan fingerprint density at radius 2 is 2.12 bits per heavy atom. The second kappa shape index (κ2) is 6.03. The lowest BCUT2D eigenvalue weighted by atomic mass is 9.96. The maximum atomic E-state index is 13.8. The zero-order valence-corrected chi connectivity index (χ0v) is 13.0. The maximum absolute atomic E-state index is 13.8. The molecule has 7 nitrogen and oxygen atoms in total. The van der Waals surface area contributed by atoms with Crippen LogP contribution in [0.15, 0.2) is 35.6 Å². The number of pyridine rings is 1. The summed E-state index contributed by atoms with van der Waals surface area (Å²) < 4.78 is 15.5. The fourth-order valence-corrected chi connectivity index (χ4v) is 3.28. The lowest BCUT2D eigenvalue weighted by Gasteiger charge is -2.32. The van der Waals surface area contributed by atoms with Gasteiger partial charge in [0.25, 0.3) is 0 Å². The van der Waals surface area contributed by atoms with Crippen molar-refractivity contribution in [3.05, 3.63) is 47.2 Å². The second-order valence-electron chi connectivity index (χ2n) is 6.04. The van der Waals surface area contributed by atoms with Gasteiger partial charge in [0.1, 0.15) is 6.33 Å². The smallest absolute Gasteiger partial charge is 0.327 e. The number of fused-ring (bicyclic) bond motifs is 1. The van der Waals surface area contributed by atoms with Crippen LogP contribution in [-0.2, 0) is 6.54 Å². The van der Waals surface area contributed by atoms with Crippen molar-refractivity contribution in [3.8, 4) is 0 Å². The zero-order chi connectivity index (χ0) is 16.5. The Balaban J connectivity index is 1.48. The van der Waals surface area contributed by atoms with Gasteiger partial charge in [-0.25, -0.2) is 24.1 Å². The highest BCUT2D eigenvalue weighted by Gasteiger charge is 2.23. The molecule has 3 aromatic rings. The minimum atomic E-state index is -0.395. The molecule has 1 aliphatic rings. The molecule has 24 heavy (non-hydrogen) atoms. The van der Waals surface area contributed by atoms with E-state index < -0.39 is 5.82 Å². The summed E-state index contributed by atoms with van der Waals surface area (Å²) in [4.78, 5) is 28.9. The van der Waals surface area contributed by atoms with Crippen LogP contribution in [0.5, 0.6) is 0 Å². The number of aromatic amines is 1. The second-order valence-corrected chi connectivity index (χ2v) is 6.04. The molecule has 8 heteroatoms. The van der Waals surface area contributed by atoms with E-state index in [0.29, 0.717) is 37.0 Å². The first-order valence-corrected chi connectivity index (χ1v) is 7.96. The third-order valence-electron chi connectivity index (χ3n) is 4.53. The molecule has 0 bridgehead atoms. The molecule has 0 saturated carbocycles. The first-order valence-electron chi connectivity index (χ1n) is 7.96. The van der Waals surface area contributed by atoms with Crippen LogP contribution in [-0.4, -0.2) is 37.6 Å². The number of hydrogen-bond donors (Lipinski definition) is 1. The van der Waals surface area contributed by atoms with E-state index >= 15 is 0 Å². The van der Waals surface area contributed by atoms with Gasteiger partial charge in [-0.1, -0.05) is 0 Å². The van der Waals surface area contributed by atoms with E-state index in [1.54, 1.807) is 16.8 Å². The van der Waals surface area contributed by atoms with Crippen LogP contribution in [0.1, 0.15) is 12.8 Å². The molecule has 0 unspecified atom stereocenters. The Hall–Kier alpha value is -2.77. The number of aromatic nitrogens is 5. The summed E-state index contributed by atoms with van der Waals surface area (Å²) in [6.07, 6.45) is 5.98. The van der Waals surface area contributed by atoms with Crippen LogP contribution in [0.2, 0.25) is 0 Å². The van der Waals surface area contributed by atoms with E-state index in [-0.39, 0.29) is 5.69 Å². The van der Waals surface area contributed by atoms with Crippen molar-refractivity contribution in [2.75, 3.05) is 18.0 Å². The largest absolute Gasteiger partial charge is 0.354 e. The Kier molecular flexibility index (Phi) is 3.72. The summed E-state index contributed by atoms with van der Waals surface area (Å²) >= 11 is 0. The third kappa shape index (κ3) is 2.64. The lowest BCUT2D eigenvalue weighted by molar-refractivity contribution is 0.353. The number of nitrogens with one attached hydrogen (secondary N) is 1. The van der Waals surface area contributed by atoms with Gasteiger partial charge in [-0.15, -0.1) is 0 Å². The van der Waals surface area contributed by atoms with Crippen molar-refractivity contribution in [1.29, 1.82) is 0 Å². The van der Waals surface area contributed by atoms with Crippen molar-refractivity contribution in [3.63, 3.8) is 0 Å². The molecule has 4 heterocycles. The van der Waals surface area contributed by atoms with Crippen LogP contribution < -0.4 is 10.6 Å². The van der Waals surface area contributed by atoms with Crippen LogP contribution in [0.3, 0.4) is 0 Å². The number of rotatable bonds is 3. The van der Waals surface area contributed by atoms with Crippen LogP contribution in [0.4, 0.5) is 10.2 Å². The first-order chi connectivity index (χ1) is 11.7. The van der Waals surface area contributed by atoms with Crippen LogP contribution in [0, 0.1) is 11.7 Å². The summed E-state index contributed by atoms with van der Waals surface area (Å²) in [6, 6.07) is 3.65. The summed E-state index contributed by atoms with van der Waals surface area (Å²) in [5.74, 6) is 0.312. The molecule has 0 radical (unpaired) electrons. The highest BCUT2D eigenvalue weighted by Crippen LogP contribution is 2.24. The topological polar surface area (TPSA) is 79.7 Å². The minimum absolute atomic E-state index is 0.132. The minimum Gasteiger partial charge on any atom is -0.354 e. The molecule has 0 spiro atoms. The van der Waals surface area contributed by atoms with Gasteiger partial charge >= 0.3 is 5.69 Å². The summed E-state index contributed by atoms with van der Waals surface area (Å²) in [5.41, 5.74) is 1.31. The van der Waals surface area contributed by atoms with Gasteiger partial charge in [-0.05, 0) is 30.9 Å². The highest BCUT2D eigenvalue weighted by atomic mass is 19.1. The zero-order valence-electron chi connectivity index (χ0n) is 13.0. The standard InChI is InChI=1S/C16H17FN6O/c17-12-8-18-10-20-14(12)22-6-3-11(4-7-22)9-23-15-13(21-16(23)24)2-1-5-19-15/h1-2,5,8,10-11H,3-4,6-7,9H2,(H,21,24). The first kappa shape index (κ1) is 14.8. The van der Waals surface area contributed by atoms with E-state index in [1.807, 2.05) is 11.0 Å². The number of H-pyrrole nitrogens is 1. The van der Waals surface area contributed by atoms with Crippen molar-refractivity contribution >= 4 is 17.0 Å². The molecule has 124 valence electrons. The summed E-state index contributed by atoms with van der Waals surface area (Å²) in [6.45, 7) is 2.04. The SMILES string of the molecule is O=c1[nH]c2cccnc2n1CC1CCN(c2ncncc2F)CC1. The fourth-order valence-electron chi connectivity index (χ4n) is 3.28. The molecule has 0 atom stereocenters. The molecular weight excluding hydrogens is 311 g/mol. The molecule has 0 amide bonds. The highest BCUT2D eigenvalue weighted by molar-refractivity contribution is 5.69. The van der Waals surface area contributed by atoms with Crippen LogP contribution in [0.25, 0.3) is 11.2 Å². The molecule has 4 rings (SSSR count). The molecule has 3 aromatic heterocycles. The van der Waals surface area contributed by atoms with Crippen molar-refractivity contribution in [2.45, 2.75) is 19.4 Å². The van der Waals surface area contributed by atoms with Gasteiger partial charge in [-0.2, -0.15) is 0 Å². The average molecular weight is 328 g/mol. The van der Waals surface area contributed by atoms with E-state index in [1.165, 1.54) is 12.5 Å². The monoisotopic (exact) mass is 328 g/mol. The van der Waals surface area contributed by atoms with Gasteiger partial charge in [0.05, 0.1) is 11.7 Å². The van der Waals surface area contributed by atoms with Gasteiger partial charge in [0, 0.05) is 25.8 Å². The van der Waals surface area contributed by atoms with E-state index in [0.717, 1.165) is 18.4 Å². The molecule has 0 aromatic carbocycles. The normalized spacial score (nSPS) is 16.0. The van der Waals surface area contributed by atoms with Crippen LogP contribution >= 0.6 is 0 Å². The molecule has 1 aliphatic heterocycles. The van der Waals surface area contributed by atoms with Gasteiger partial charge in [-0.3, -0.25) is 4.57 Å². The quantitative estimate of drug-likeness (QED) is 0.789. The molecule has 1 fully saturated rings. The predicted octanol–water partition coefficient (Wildman–Crippen LogP) is 1.57. The van der Waals surface area contributed by atoms with Crippen molar-refractivity contribution in [2.24, 2.45) is 5.92 Å². The van der Waals surface area contributed by atoms with Crippen molar-refractivity contribution in [1.82, 2.24) is 24.5 Å². The maximum Gasteiger partial charge on any atom is 0.327 e. The Morgan fingerprint density at radius 1 is 1.29 bits per heavy atom. The number of hydrogen-bond acceptors (Lipinski definition) is 5. The van der Waals surface area contributed by atoms with Gasteiger partial charge in [0.2, 0.25) is 0 Å². The van der Waals surface area contributed by atoms with Gasteiger partial charge in [0.15, 0.2) is 17.3 Å². The van der Waals surface area contributed by atoms with E-state index in [2.05, 4.69) is 19.9 Å². The molecule has 0 aliphatic carbocycles. The molecule has 1 saturated heterocycles. The summed E-state index contributed by atoms with van der Waals surface area (Å²) in [5, 5.41) is 0. The van der Waals surface area contributed by atoms with Crippen molar-refractivity contribution < 1.29 is 4.39 Å². The lowest BCUT2D eigenvalue weighted by Crippen LogP contribution is -2.37.